The second kappa shape index (κ2) is 6.72. The molecule has 1 amide bonds. The molecule has 0 saturated heterocycles. The van der Waals surface area contributed by atoms with Crippen molar-refractivity contribution < 1.29 is 15.0 Å². The summed E-state index contributed by atoms with van der Waals surface area (Å²) in [5.74, 6) is 0.137. The number of hydrogen-bond acceptors (Lipinski definition) is 4. The van der Waals surface area contributed by atoms with Crippen molar-refractivity contribution in [1.82, 2.24) is 0 Å². The molecule has 0 fully saturated rings. The van der Waals surface area contributed by atoms with E-state index in [0.717, 1.165) is 30.8 Å². The fourth-order valence-corrected chi connectivity index (χ4v) is 2.43. The number of hydrogen-bond donors (Lipinski definition) is 3. The van der Waals surface area contributed by atoms with Crippen molar-refractivity contribution in [3.05, 3.63) is 23.8 Å². The standard InChI is InChI=1S/C15H22N2O3/c1-2-15(20)17-7-3-4-11-5-6-12(8-14(11)17)16-9-13(19)10-18/h5-6,8,13,16,18-19H,2-4,7,9-10H2,1H3. The van der Waals surface area contributed by atoms with Gasteiger partial charge >= 0.3 is 0 Å². The van der Waals surface area contributed by atoms with Crippen LogP contribution in [0.25, 0.3) is 0 Å². The fourth-order valence-electron chi connectivity index (χ4n) is 2.43. The first kappa shape index (κ1) is 14.8. The van der Waals surface area contributed by atoms with Crippen molar-refractivity contribution in [2.75, 3.05) is 29.9 Å². The smallest absolute Gasteiger partial charge is 0.226 e. The van der Waals surface area contributed by atoms with Crippen molar-refractivity contribution in [2.45, 2.75) is 32.3 Å². The molecule has 1 unspecified atom stereocenters. The Labute approximate surface area is 119 Å². The molecular formula is C15H22N2O3. The molecule has 110 valence electrons. The van der Waals surface area contributed by atoms with Crippen molar-refractivity contribution >= 4 is 17.3 Å². The normalized spacial score (nSPS) is 15.7. The van der Waals surface area contributed by atoms with E-state index in [1.54, 1.807) is 0 Å². The van der Waals surface area contributed by atoms with Gasteiger partial charge in [0.05, 0.1) is 12.7 Å². The molecule has 3 N–H and O–H groups in total. The van der Waals surface area contributed by atoms with Crippen LogP contribution in [0.3, 0.4) is 0 Å². The van der Waals surface area contributed by atoms with Crippen molar-refractivity contribution in [3.8, 4) is 0 Å². The molecule has 0 bridgehead atoms. The number of nitrogens with one attached hydrogen (secondary N) is 1. The van der Waals surface area contributed by atoms with Gasteiger partial charge in [-0.15, -0.1) is 0 Å². The van der Waals surface area contributed by atoms with Crippen LogP contribution < -0.4 is 10.2 Å². The molecule has 2 rings (SSSR count). The first-order chi connectivity index (χ1) is 9.65. The van der Waals surface area contributed by atoms with E-state index in [2.05, 4.69) is 5.32 Å². The van der Waals surface area contributed by atoms with Gasteiger partial charge in [-0.3, -0.25) is 4.79 Å². The molecule has 5 heteroatoms. The molecule has 1 aliphatic rings. The number of aryl methyl sites for hydroxylation is 1. The Hall–Kier alpha value is -1.59. The van der Waals surface area contributed by atoms with E-state index in [1.165, 1.54) is 5.56 Å². The predicted octanol–water partition coefficient (Wildman–Crippen LogP) is 1.14. The number of nitrogens with zero attached hydrogens (tertiary/aromatic N) is 1. The quantitative estimate of drug-likeness (QED) is 0.755. The van der Waals surface area contributed by atoms with Crippen molar-refractivity contribution in [3.63, 3.8) is 0 Å². The lowest BCUT2D eigenvalue weighted by molar-refractivity contribution is -0.118. The topological polar surface area (TPSA) is 72.8 Å². The molecule has 20 heavy (non-hydrogen) atoms. The number of carbonyl (C=O) groups excluding carboxylic acids is 1. The number of aliphatic hydroxyl groups excluding tert-OH is 2. The van der Waals surface area contributed by atoms with Crippen LogP contribution in [-0.2, 0) is 11.2 Å². The highest BCUT2D eigenvalue weighted by atomic mass is 16.3. The molecule has 5 nitrogen and oxygen atoms in total. The molecule has 0 radical (unpaired) electrons. The second-order valence-corrected chi connectivity index (χ2v) is 5.06. The van der Waals surface area contributed by atoms with Gasteiger partial charge in [-0.1, -0.05) is 13.0 Å². The van der Waals surface area contributed by atoms with Gasteiger partial charge in [0.1, 0.15) is 0 Å². The monoisotopic (exact) mass is 278 g/mol. The van der Waals surface area contributed by atoms with Crippen LogP contribution in [0, 0.1) is 0 Å². The summed E-state index contributed by atoms with van der Waals surface area (Å²) < 4.78 is 0. The number of fused-ring (bicyclic) bond motifs is 1. The Morgan fingerprint density at radius 2 is 2.30 bits per heavy atom. The van der Waals surface area contributed by atoms with Crippen molar-refractivity contribution in [1.29, 1.82) is 0 Å². The molecule has 0 spiro atoms. The number of rotatable bonds is 5. The lowest BCUT2D eigenvalue weighted by Crippen LogP contribution is -2.35. The van der Waals surface area contributed by atoms with E-state index in [9.17, 15) is 9.90 Å². The summed E-state index contributed by atoms with van der Waals surface area (Å²) in [6, 6.07) is 5.92. The average Bonchev–Trinajstić information content (AvgIpc) is 2.50. The zero-order valence-electron chi connectivity index (χ0n) is 11.8. The number of aliphatic hydroxyl groups is 2. The summed E-state index contributed by atoms with van der Waals surface area (Å²) >= 11 is 0. The Kier molecular flexibility index (Phi) is 4.98. The summed E-state index contributed by atoms with van der Waals surface area (Å²) in [5, 5.41) is 21.2. The van der Waals surface area contributed by atoms with Gasteiger partial charge in [0.25, 0.3) is 0 Å². The summed E-state index contributed by atoms with van der Waals surface area (Å²) in [6.45, 7) is 2.66. The van der Waals surface area contributed by atoms with E-state index < -0.39 is 6.10 Å². The van der Waals surface area contributed by atoms with Gasteiger partial charge in [-0.25, -0.2) is 0 Å². The van der Waals surface area contributed by atoms with Gasteiger partial charge in [0.2, 0.25) is 5.91 Å². The Balaban J connectivity index is 2.17. The maximum Gasteiger partial charge on any atom is 0.226 e. The molecule has 0 saturated carbocycles. The Bertz CT molecular complexity index is 476. The number of carbonyl (C=O) groups is 1. The van der Waals surface area contributed by atoms with Crippen molar-refractivity contribution in [2.24, 2.45) is 0 Å². The minimum absolute atomic E-state index is 0.137. The predicted molar refractivity (Wildman–Crippen MR) is 79.0 cm³/mol. The van der Waals surface area contributed by atoms with Crippen LogP contribution in [0.4, 0.5) is 11.4 Å². The van der Waals surface area contributed by atoms with Gasteiger partial charge in [-0.05, 0) is 30.5 Å². The van der Waals surface area contributed by atoms with E-state index in [0.29, 0.717) is 6.42 Å². The van der Waals surface area contributed by atoms with Gasteiger partial charge in [0, 0.05) is 30.9 Å². The average molecular weight is 278 g/mol. The molecular weight excluding hydrogens is 256 g/mol. The first-order valence-electron chi connectivity index (χ1n) is 7.11. The summed E-state index contributed by atoms with van der Waals surface area (Å²) in [4.78, 5) is 13.8. The number of amides is 1. The van der Waals surface area contributed by atoms with Gasteiger partial charge in [-0.2, -0.15) is 0 Å². The summed E-state index contributed by atoms with van der Waals surface area (Å²) in [6.07, 6.45) is 1.71. The van der Waals surface area contributed by atoms with E-state index in [4.69, 9.17) is 5.11 Å². The molecule has 1 atom stereocenters. The molecule has 1 heterocycles. The maximum absolute atomic E-state index is 12.0. The Morgan fingerprint density at radius 1 is 1.50 bits per heavy atom. The van der Waals surface area contributed by atoms with Crippen LogP contribution in [0.1, 0.15) is 25.3 Å². The van der Waals surface area contributed by atoms with E-state index in [1.807, 2.05) is 30.0 Å². The highest BCUT2D eigenvalue weighted by Crippen LogP contribution is 2.30. The largest absolute Gasteiger partial charge is 0.394 e. The summed E-state index contributed by atoms with van der Waals surface area (Å²) in [5.41, 5.74) is 3.00. The van der Waals surface area contributed by atoms with Gasteiger partial charge < -0.3 is 20.4 Å². The zero-order chi connectivity index (χ0) is 14.5. The van der Waals surface area contributed by atoms with Crippen LogP contribution in [-0.4, -0.2) is 41.9 Å². The molecule has 1 aliphatic heterocycles. The maximum atomic E-state index is 12.0. The third-order valence-corrected chi connectivity index (χ3v) is 3.56. The van der Waals surface area contributed by atoms with Crippen LogP contribution in [0.5, 0.6) is 0 Å². The van der Waals surface area contributed by atoms with E-state index in [-0.39, 0.29) is 19.1 Å². The number of benzene rings is 1. The van der Waals surface area contributed by atoms with Crippen LogP contribution >= 0.6 is 0 Å². The van der Waals surface area contributed by atoms with E-state index >= 15 is 0 Å². The Morgan fingerprint density at radius 3 is 3.00 bits per heavy atom. The molecule has 1 aromatic rings. The third kappa shape index (κ3) is 3.29. The highest BCUT2D eigenvalue weighted by Gasteiger charge is 2.21. The molecule has 0 aromatic heterocycles. The first-order valence-corrected chi connectivity index (χ1v) is 7.11. The van der Waals surface area contributed by atoms with Crippen LogP contribution in [0.15, 0.2) is 18.2 Å². The van der Waals surface area contributed by atoms with Gasteiger partial charge in [0.15, 0.2) is 0 Å². The molecule has 1 aromatic carbocycles. The highest BCUT2D eigenvalue weighted by molar-refractivity contribution is 5.95. The fraction of sp³-hybridized carbons (Fsp3) is 0.533. The molecule has 0 aliphatic carbocycles. The van der Waals surface area contributed by atoms with Crippen LogP contribution in [0.2, 0.25) is 0 Å². The minimum Gasteiger partial charge on any atom is -0.394 e. The SMILES string of the molecule is CCC(=O)N1CCCc2ccc(NCC(O)CO)cc21. The lowest BCUT2D eigenvalue weighted by atomic mass is 10.0. The third-order valence-electron chi connectivity index (χ3n) is 3.56. The second-order valence-electron chi connectivity index (χ2n) is 5.06. The number of anilines is 2. The minimum atomic E-state index is -0.778. The zero-order valence-corrected chi connectivity index (χ0v) is 11.8. The lowest BCUT2D eigenvalue weighted by Gasteiger charge is -2.30. The summed E-state index contributed by atoms with van der Waals surface area (Å²) in [7, 11) is 0.